The summed E-state index contributed by atoms with van der Waals surface area (Å²) in [7, 11) is -3.80. The van der Waals surface area contributed by atoms with Gasteiger partial charge in [0.1, 0.15) is 0 Å². The Morgan fingerprint density at radius 1 is 1.29 bits per heavy atom. The molecule has 4 nitrogen and oxygen atoms in total. The van der Waals surface area contributed by atoms with Crippen LogP contribution in [-0.4, -0.2) is 17.6 Å². The van der Waals surface area contributed by atoms with Crippen LogP contribution in [0.4, 0.5) is 0 Å². The summed E-state index contributed by atoms with van der Waals surface area (Å²) in [5.74, 6) is 0. The van der Waals surface area contributed by atoms with Gasteiger partial charge >= 0.3 is 7.82 Å². The van der Waals surface area contributed by atoms with Crippen LogP contribution in [0, 0.1) is 0 Å². The number of unbranched alkanes of at least 4 members (excludes halogenated alkanes) is 3. The Morgan fingerprint density at radius 3 is 2.43 bits per heavy atom. The maximum Gasteiger partial charge on any atom is 0.472 e. The van der Waals surface area contributed by atoms with Crippen LogP contribution in [0.5, 0.6) is 0 Å². The summed E-state index contributed by atoms with van der Waals surface area (Å²) >= 11 is 0. The third-order valence-electron chi connectivity index (χ3n) is 1.60. The molecule has 1 atom stereocenters. The molecule has 14 heavy (non-hydrogen) atoms. The monoisotopic (exact) mass is 224 g/mol. The molecule has 1 N–H and O–H groups in total. The van der Waals surface area contributed by atoms with Gasteiger partial charge in [-0.15, -0.1) is 0 Å². The van der Waals surface area contributed by atoms with Crippen LogP contribution in [0.1, 0.15) is 46.5 Å². The topological polar surface area (TPSA) is 55.8 Å². The van der Waals surface area contributed by atoms with E-state index in [9.17, 15) is 4.57 Å². The highest BCUT2D eigenvalue weighted by molar-refractivity contribution is 7.47. The van der Waals surface area contributed by atoms with Crippen molar-refractivity contribution in [2.24, 2.45) is 0 Å². The molecule has 0 radical (unpaired) electrons. The zero-order chi connectivity index (χ0) is 11.0. The van der Waals surface area contributed by atoms with E-state index < -0.39 is 7.82 Å². The van der Waals surface area contributed by atoms with Crippen molar-refractivity contribution < 1.29 is 18.5 Å². The molecule has 0 aliphatic carbocycles. The fraction of sp³-hybridized carbons (Fsp3) is 1.00. The lowest BCUT2D eigenvalue weighted by Crippen LogP contribution is -2.03. The molecule has 0 saturated heterocycles. The smallest absolute Gasteiger partial charge is 0.302 e. The maximum absolute atomic E-state index is 11.2. The van der Waals surface area contributed by atoms with Crippen LogP contribution in [-0.2, 0) is 13.6 Å². The lowest BCUT2D eigenvalue weighted by atomic mass is 10.2. The standard InChI is InChI=1S/C9H21O4P/c1-4-5-6-7-8-12-14(10,11)13-9(2)3/h9H,4-8H2,1-3H3,(H,10,11). The highest BCUT2D eigenvalue weighted by atomic mass is 31.2. The van der Waals surface area contributed by atoms with Crippen LogP contribution in [0.2, 0.25) is 0 Å². The van der Waals surface area contributed by atoms with Crippen molar-refractivity contribution in [2.45, 2.75) is 52.6 Å². The SMILES string of the molecule is CCCCCCOP(=O)(O)OC(C)C. The van der Waals surface area contributed by atoms with Gasteiger partial charge in [0.25, 0.3) is 0 Å². The quantitative estimate of drug-likeness (QED) is 0.508. The first-order valence-electron chi connectivity index (χ1n) is 5.13. The Labute approximate surface area is 86.2 Å². The molecule has 0 fully saturated rings. The largest absolute Gasteiger partial charge is 0.472 e. The number of rotatable bonds is 8. The van der Waals surface area contributed by atoms with E-state index in [0.717, 1.165) is 25.7 Å². The lowest BCUT2D eigenvalue weighted by Gasteiger charge is -2.14. The first kappa shape index (κ1) is 14.1. The molecule has 0 aromatic heterocycles. The van der Waals surface area contributed by atoms with Gasteiger partial charge in [0.2, 0.25) is 0 Å². The Balaban J connectivity index is 3.51. The minimum atomic E-state index is -3.80. The van der Waals surface area contributed by atoms with Crippen molar-refractivity contribution in [2.75, 3.05) is 6.61 Å². The van der Waals surface area contributed by atoms with Gasteiger partial charge in [-0.3, -0.25) is 9.05 Å². The Bertz CT molecular complexity index is 182. The van der Waals surface area contributed by atoms with Gasteiger partial charge in [0.05, 0.1) is 12.7 Å². The Hall–Kier alpha value is 0.110. The zero-order valence-corrected chi connectivity index (χ0v) is 10.1. The van der Waals surface area contributed by atoms with Crippen LogP contribution in [0.3, 0.4) is 0 Å². The van der Waals surface area contributed by atoms with Crippen LogP contribution < -0.4 is 0 Å². The molecule has 0 rings (SSSR count). The molecule has 86 valence electrons. The van der Waals surface area contributed by atoms with Gasteiger partial charge in [-0.2, -0.15) is 0 Å². The van der Waals surface area contributed by atoms with Crippen molar-refractivity contribution in [3.63, 3.8) is 0 Å². The van der Waals surface area contributed by atoms with Gasteiger partial charge in [0.15, 0.2) is 0 Å². The van der Waals surface area contributed by atoms with Crippen LogP contribution in [0.15, 0.2) is 0 Å². The average Bonchev–Trinajstić information content (AvgIpc) is 2.01. The van der Waals surface area contributed by atoms with E-state index in [1.54, 1.807) is 13.8 Å². The summed E-state index contributed by atoms with van der Waals surface area (Å²) < 4.78 is 20.7. The normalized spacial score (nSPS) is 15.8. The molecule has 0 bridgehead atoms. The molecule has 0 heterocycles. The van der Waals surface area contributed by atoms with Gasteiger partial charge in [-0.1, -0.05) is 26.2 Å². The van der Waals surface area contributed by atoms with Crippen molar-refractivity contribution in [3.8, 4) is 0 Å². The third kappa shape index (κ3) is 8.70. The Kier molecular flexibility index (Phi) is 7.47. The zero-order valence-electron chi connectivity index (χ0n) is 9.23. The predicted molar refractivity (Wildman–Crippen MR) is 56.1 cm³/mol. The van der Waals surface area contributed by atoms with Gasteiger partial charge in [-0.05, 0) is 20.3 Å². The van der Waals surface area contributed by atoms with Crippen molar-refractivity contribution in [3.05, 3.63) is 0 Å². The van der Waals surface area contributed by atoms with Crippen molar-refractivity contribution >= 4 is 7.82 Å². The van der Waals surface area contributed by atoms with E-state index in [1.165, 1.54) is 0 Å². The number of phosphoric ester groups is 1. The molecule has 0 aromatic carbocycles. The van der Waals surface area contributed by atoms with E-state index in [4.69, 9.17) is 13.9 Å². The average molecular weight is 224 g/mol. The second kappa shape index (κ2) is 7.41. The number of hydrogen-bond acceptors (Lipinski definition) is 3. The Morgan fingerprint density at radius 2 is 1.93 bits per heavy atom. The van der Waals surface area contributed by atoms with Crippen molar-refractivity contribution in [1.29, 1.82) is 0 Å². The molecule has 0 aliphatic heterocycles. The summed E-state index contributed by atoms with van der Waals surface area (Å²) in [5.41, 5.74) is 0. The summed E-state index contributed by atoms with van der Waals surface area (Å²) in [6, 6.07) is 0. The van der Waals surface area contributed by atoms with E-state index in [2.05, 4.69) is 6.92 Å². The fourth-order valence-corrected chi connectivity index (χ4v) is 1.96. The summed E-state index contributed by atoms with van der Waals surface area (Å²) in [6.45, 7) is 5.80. The number of hydrogen-bond donors (Lipinski definition) is 1. The molecule has 0 spiro atoms. The second-order valence-electron chi connectivity index (χ2n) is 3.52. The highest BCUT2D eigenvalue weighted by Crippen LogP contribution is 2.44. The van der Waals surface area contributed by atoms with Crippen LogP contribution in [0.25, 0.3) is 0 Å². The van der Waals surface area contributed by atoms with Crippen molar-refractivity contribution in [1.82, 2.24) is 0 Å². The van der Waals surface area contributed by atoms with Gasteiger partial charge < -0.3 is 4.89 Å². The van der Waals surface area contributed by atoms with E-state index >= 15 is 0 Å². The number of phosphoric acid groups is 1. The van der Waals surface area contributed by atoms with Crippen LogP contribution >= 0.6 is 7.82 Å². The molecule has 0 saturated carbocycles. The minimum Gasteiger partial charge on any atom is -0.302 e. The van der Waals surface area contributed by atoms with Gasteiger partial charge in [0, 0.05) is 0 Å². The second-order valence-corrected chi connectivity index (χ2v) is 4.92. The molecule has 1 unspecified atom stereocenters. The maximum atomic E-state index is 11.2. The third-order valence-corrected chi connectivity index (χ3v) is 2.79. The van der Waals surface area contributed by atoms with E-state index in [0.29, 0.717) is 6.61 Å². The predicted octanol–water partition coefficient (Wildman–Crippen LogP) is 3.11. The molecule has 0 aliphatic rings. The van der Waals surface area contributed by atoms with Gasteiger partial charge in [-0.25, -0.2) is 4.57 Å². The molecule has 0 aromatic rings. The molecule has 0 amide bonds. The summed E-state index contributed by atoms with van der Waals surface area (Å²) in [5, 5.41) is 0. The first-order valence-corrected chi connectivity index (χ1v) is 6.63. The molecular formula is C9H21O4P. The lowest BCUT2D eigenvalue weighted by molar-refractivity contribution is 0.119. The fourth-order valence-electron chi connectivity index (χ4n) is 1.01. The summed E-state index contributed by atoms with van der Waals surface area (Å²) in [6.07, 6.45) is 3.81. The van der Waals surface area contributed by atoms with E-state index in [-0.39, 0.29) is 6.10 Å². The molecular weight excluding hydrogens is 203 g/mol. The summed E-state index contributed by atoms with van der Waals surface area (Å²) in [4.78, 5) is 9.15. The first-order chi connectivity index (χ1) is 6.48. The minimum absolute atomic E-state index is 0.290. The molecule has 5 heteroatoms. The highest BCUT2D eigenvalue weighted by Gasteiger charge is 2.21. The van der Waals surface area contributed by atoms with E-state index in [1.807, 2.05) is 0 Å².